The van der Waals surface area contributed by atoms with Gasteiger partial charge in [0.1, 0.15) is 6.54 Å². The van der Waals surface area contributed by atoms with Crippen molar-refractivity contribution in [3.05, 3.63) is 57.0 Å². The molecule has 2 aromatic rings. The van der Waals surface area contributed by atoms with E-state index in [0.29, 0.717) is 25.3 Å². The molecule has 0 atom stereocenters. The van der Waals surface area contributed by atoms with Gasteiger partial charge in [0.25, 0.3) is 0 Å². The molecule has 0 unspecified atom stereocenters. The molecule has 1 N–H and O–H groups in total. The fraction of sp³-hybridized carbons (Fsp3) is 0.375. The minimum atomic E-state index is -4.34. The maximum Gasteiger partial charge on any atom is 0.416 e. The average molecular weight is 372 g/mol. The first-order chi connectivity index (χ1) is 11.8. The summed E-state index contributed by atoms with van der Waals surface area (Å²) in [5.74, 6) is 0. The third-order valence-corrected chi connectivity index (χ3v) is 5.30. The number of anilines is 1. The summed E-state index contributed by atoms with van der Waals surface area (Å²) in [5.41, 5.74) is -0.0497. The summed E-state index contributed by atoms with van der Waals surface area (Å²) in [6.07, 6.45) is -4.34. The van der Waals surface area contributed by atoms with Gasteiger partial charge in [-0.05, 0) is 24.3 Å². The Hall–Kier alpha value is -2.13. The molecule has 1 aromatic carbocycles. The van der Waals surface area contributed by atoms with Gasteiger partial charge in [-0.2, -0.15) is 13.2 Å². The first-order valence-electron chi connectivity index (χ1n) is 7.82. The van der Waals surface area contributed by atoms with Gasteiger partial charge < -0.3 is 9.80 Å². The zero-order valence-corrected chi connectivity index (χ0v) is 14.1. The van der Waals surface area contributed by atoms with Crippen LogP contribution in [-0.2, 0) is 12.7 Å². The molecule has 25 heavy (non-hydrogen) atoms. The lowest BCUT2D eigenvalue weighted by atomic mass is 10.1. The summed E-state index contributed by atoms with van der Waals surface area (Å²) in [7, 11) is 0. The first kappa shape index (κ1) is 17.7. The van der Waals surface area contributed by atoms with Gasteiger partial charge >= 0.3 is 11.2 Å². The van der Waals surface area contributed by atoms with E-state index in [2.05, 4.69) is 0 Å². The number of piperazine rings is 1. The number of hydrogen-bond acceptors (Lipinski definition) is 4. The quantitative estimate of drug-likeness (QED) is 0.663. The number of nitrogens with zero attached hydrogens (tertiary/aromatic N) is 2. The average Bonchev–Trinajstić information content (AvgIpc) is 3.04. The Kier molecular flexibility index (Phi) is 4.96. The number of nitro groups is 1. The molecule has 0 amide bonds. The second-order valence-electron chi connectivity index (χ2n) is 5.96. The fourth-order valence-electron chi connectivity index (χ4n) is 2.94. The van der Waals surface area contributed by atoms with Crippen molar-refractivity contribution in [1.82, 2.24) is 0 Å². The minimum absolute atomic E-state index is 0.136. The van der Waals surface area contributed by atoms with Crippen molar-refractivity contribution >= 4 is 22.0 Å². The van der Waals surface area contributed by atoms with Crippen molar-refractivity contribution in [3.63, 3.8) is 0 Å². The zero-order valence-electron chi connectivity index (χ0n) is 13.3. The van der Waals surface area contributed by atoms with Gasteiger partial charge in [-0.3, -0.25) is 10.1 Å². The van der Waals surface area contributed by atoms with Gasteiger partial charge in [-0.15, -0.1) is 0 Å². The Bertz CT molecular complexity index is 755. The lowest BCUT2D eigenvalue weighted by Crippen LogP contribution is -3.13. The maximum atomic E-state index is 12.8. The Labute approximate surface area is 146 Å². The molecule has 1 saturated heterocycles. The molecule has 1 fully saturated rings. The molecule has 9 heteroatoms. The lowest BCUT2D eigenvalue weighted by Gasteiger charge is -2.33. The molecule has 0 saturated carbocycles. The number of thiophene rings is 1. The summed E-state index contributed by atoms with van der Waals surface area (Å²) in [5, 5.41) is 10.9. The standard InChI is InChI=1S/C16H16F3N3O2S/c17-16(18,19)12-2-1-3-13(10-12)21-8-6-20(7-9-21)11-14-4-5-15(25-14)22(23)24/h1-5,10H,6-9,11H2/p+1. The van der Waals surface area contributed by atoms with Gasteiger partial charge in [-0.25, -0.2) is 0 Å². The summed E-state index contributed by atoms with van der Waals surface area (Å²) >= 11 is 1.18. The highest BCUT2D eigenvalue weighted by molar-refractivity contribution is 7.15. The van der Waals surface area contributed by atoms with Gasteiger partial charge in [0.2, 0.25) is 0 Å². The lowest BCUT2D eigenvalue weighted by molar-refractivity contribution is -0.914. The number of halogens is 3. The van der Waals surface area contributed by atoms with Crippen molar-refractivity contribution in [2.75, 3.05) is 31.1 Å². The second-order valence-corrected chi connectivity index (χ2v) is 7.11. The van der Waals surface area contributed by atoms with E-state index in [9.17, 15) is 23.3 Å². The number of nitrogens with one attached hydrogen (secondary N) is 1. The molecule has 1 aromatic heterocycles. The topological polar surface area (TPSA) is 50.8 Å². The van der Waals surface area contributed by atoms with E-state index >= 15 is 0 Å². The summed E-state index contributed by atoms with van der Waals surface area (Å²) < 4.78 is 38.5. The maximum absolute atomic E-state index is 12.8. The van der Waals surface area contributed by atoms with Crippen LogP contribution in [0.4, 0.5) is 23.9 Å². The molecule has 134 valence electrons. The molecule has 2 heterocycles. The summed E-state index contributed by atoms with van der Waals surface area (Å²) in [6, 6.07) is 8.68. The first-order valence-corrected chi connectivity index (χ1v) is 8.63. The molecule has 0 aliphatic carbocycles. The Morgan fingerprint density at radius 2 is 1.92 bits per heavy atom. The third kappa shape index (κ3) is 4.29. The normalized spacial score (nSPS) is 16.2. The number of alkyl halides is 3. The van der Waals surface area contributed by atoms with Crippen LogP contribution in [0.25, 0.3) is 0 Å². The highest BCUT2D eigenvalue weighted by Crippen LogP contribution is 2.31. The van der Waals surface area contributed by atoms with E-state index in [0.717, 1.165) is 24.0 Å². The molecule has 1 aliphatic heterocycles. The molecule has 1 aliphatic rings. The van der Waals surface area contributed by atoms with E-state index < -0.39 is 16.7 Å². The number of hydrogen-bond donors (Lipinski definition) is 1. The third-order valence-electron chi connectivity index (χ3n) is 4.26. The summed E-state index contributed by atoms with van der Waals surface area (Å²) in [4.78, 5) is 14.5. The SMILES string of the molecule is O=[N+]([O-])c1ccc(C[NH+]2CCN(c3cccc(C(F)(F)F)c3)CC2)s1. The molecular weight excluding hydrogens is 355 g/mol. The highest BCUT2D eigenvalue weighted by Gasteiger charge is 2.31. The van der Waals surface area contributed by atoms with Gasteiger partial charge in [0.05, 0.1) is 41.5 Å². The Balaban J connectivity index is 1.59. The zero-order chi connectivity index (χ0) is 18.0. The van der Waals surface area contributed by atoms with Crippen molar-refractivity contribution < 1.29 is 23.0 Å². The van der Waals surface area contributed by atoms with Crippen LogP contribution >= 0.6 is 11.3 Å². The van der Waals surface area contributed by atoms with Gasteiger partial charge in [0, 0.05) is 11.8 Å². The molecule has 0 bridgehead atoms. The van der Waals surface area contributed by atoms with E-state index in [1.807, 2.05) is 4.90 Å². The predicted molar refractivity (Wildman–Crippen MR) is 89.0 cm³/mol. The predicted octanol–water partition coefficient (Wildman–Crippen LogP) is 2.58. The molecular formula is C16H17F3N3O2S+. The van der Waals surface area contributed by atoms with Crippen molar-refractivity contribution in [2.45, 2.75) is 12.7 Å². The van der Waals surface area contributed by atoms with Crippen LogP contribution < -0.4 is 9.80 Å². The van der Waals surface area contributed by atoms with Crippen molar-refractivity contribution in [2.24, 2.45) is 0 Å². The van der Waals surface area contributed by atoms with Crippen LogP contribution in [0, 0.1) is 10.1 Å². The van der Waals surface area contributed by atoms with Crippen LogP contribution in [0.1, 0.15) is 10.4 Å². The molecule has 0 spiro atoms. The number of quaternary nitrogens is 1. The van der Waals surface area contributed by atoms with Crippen LogP contribution in [0.3, 0.4) is 0 Å². The number of benzene rings is 1. The van der Waals surface area contributed by atoms with Crippen LogP contribution in [-0.4, -0.2) is 31.1 Å². The Morgan fingerprint density at radius 3 is 2.52 bits per heavy atom. The highest BCUT2D eigenvalue weighted by atomic mass is 32.1. The van der Waals surface area contributed by atoms with E-state index in [1.165, 1.54) is 34.4 Å². The van der Waals surface area contributed by atoms with Crippen LogP contribution in [0.15, 0.2) is 36.4 Å². The van der Waals surface area contributed by atoms with Gasteiger partial charge in [-0.1, -0.05) is 17.4 Å². The second kappa shape index (κ2) is 7.01. The Morgan fingerprint density at radius 1 is 1.20 bits per heavy atom. The van der Waals surface area contributed by atoms with E-state index in [-0.39, 0.29) is 5.00 Å². The molecule has 3 rings (SSSR count). The smallest absolute Gasteiger partial charge is 0.360 e. The van der Waals surface area contributed by atoms with Gasteiger partial charge in [0.15, 0.2) is 0 Å². The van der Waals surface area contributed by atoms with Crippen molar-refractivity contribution in [1.29, 1.82) is 0 Å². The van der Waals surface area contributed by atoms with Crippen molar-refractivity contribution in [3.8, 4) is 0 Å². The molecule has 5 nitrogen and oxygen atoms in total. The van der Waals surface area contributed by atoms with Crippen LogP contribution in [0.5, 0.6) is 0 Å². The largest absolute Gasteiger partial charge is 0.416 e. The monoisotopic (exact) mass is 372 g/mol. The van der Waals surface area contributed by atoms with Crippen LogP contribution in [0.2, 0.25) is 0 Å². The van der Waals surface area contributed by atoms with E-state index in [4.69, 9.17) is 0 Å². The fourth-order valence-corrected chi connectivity index (χ4v) is 3.83. The minimum Gasteiger partial charge on any atom is -0.360 e. The summed E-state index contributed by atoms with van der Waals surface area (Å²) in [6.45, 7) is 3.58. The number of rotatable bonds is 4. The van der Waals surface area contributed by atoms with E-state index in [1.54, 1.807) is 12.1 Å². The molecule has 0 radical (unpaired) electrons.